The number of nitrogens with one attached hydrogen (secondary N) is 1. The highest BCUT2D eigenvalue weighted by atomic mass is 16.5. The SMILES string of the molecule is CCOc1ccc(CN(C(=O)COc2ccccc2)C2CCCCNC2=O)cc1C. The second-order valence-electron chi connectivity index (χ2n) is 7.46. The largest absolute Gasteiger partial charge is 0.494 e. The minimum absolute atomic E-state index is 0.0942. The van der Waals surface area contributed by atoms with Crippen LogP contribution >= 0.6 is 0 Å². The summed E-state index contributed by atoms with van der Waals surface area (Å²) in [5.41, 5.74) is 1.97. The van der Waals surface area contributed by atoms with Crippen molar-refractivity contribution in [3.8, 4) is 11.5 Å². The highest BCUT2D eigenvalue weighted by Crippen LogP contribution is 2.22. The molecule has 2 amide bonds. The van der Waals surface area contributed by atoms with Crippen molar-refractivity contribution in [2.45, 2.75) is 45.7 Å². The molecular weight excluding hydrogens is 380 g/mol. The minimum atomic E-state index is -0.494. The zero-order valence-electron chi connectivity index (χ0n) is 17.7. The summed E-state index contributed by atoms with van der Waals surface area (Å²) in [6.07, 6.45) is 2.47. The van der Waals surface area contributed by atoms with Gasteiger partial charge in [-0.2, -0.15) is 0 Å². The first-order valence-electron chi connectivity index (χ1n) is 10.6. The molecule has 1 fully saturated rings. The molecule has 1 saturated heterocycles. The first kappa shape index (κ1) is 21.7. The maximum Gasteiger partial charge on any atom is 0.261 e. The molecule has 1 atom stereocenters. The Bertz CT molecular complexity index is 854. The lowest BCUT2D eigenvalue weighted by molar-refractivity contribution is -0.142. The summed E-state index contributed by atoms with van der Waals surface area (Å²) in [7, 11) is 0. The molecule has 0 bridgehead atoms. The molecule has 160 valence electrons. The third-order valence-electron chi connectivity index (χ3n) is 5.20. The van der Waals surface area contributed by atoms with Crippen LogP contribution in [0, 0.1) is 6.92 Å². The Balaban J connectivity index is 1.78. The molecule has 0 saturated carbocycles. The first-order chi connectivity index (χ1) is 14.6. The number of para-hydroxylation sites is 1. The van der Waals surface area contributed by atoms with E-state index in [-0.39, 0.29) is 18.4 Å². The molecule has 0 spiro atoms. The molecule has 6 heteroatoms. The van der Waals surface area contributed by atoms with Crippen LogP contribution in [0.1, 0.15) is 37.3 Å². The number of hydrogen-bond acceptors (Lipinski definition) is 4. The molecule has 1 aliphatic rings. The van der Waals surface area contributed by atoms with Gasteiger partial charge >= 0.3 is 0 Å². The van der Waals surface area contributed by atoms with E-state index < -0.39 is 6.04 Å². The highest BCUT2D eigenvalue weighted by Gasteiger charge is 2.31. The number of ether oxygens (including phenoxy) is 2. The summed E-state index contributed by atoms with van der Waals surface area (Å²) in [5.74, 6) is 1.17. The smallest absolute Gasteiger partial charge is 0.261 e. The van der Waals surface area contributed by atoms with E-state index in [1.165, 1.54) is 0 Å². The molecular formula is C24H30N2O4. The van der Waals surface area contributed by atoms with Gasteiger partial charge in [0.15, 0.2) is 6.61 Å². The molecule has 2 aromatic rings. The van der Waals surface area contributed by atoms with Crippen LogP contribution in [0.5, 0.6) is 11.5 Å². The number of hydrogen-bond donors (Lipinski definition) is 1. The van der Waals surface area contributed by atoms with Crippen molar-refractivity contribution < 1.29 is 19.1 Å². The third-order valence-corrected chi connectivity index (χ3v) is 5.20. The quantitative estimate of drug-likeness (QED) is 0.724. The van der Waals surface area contributed by atoms with Gasteiger partial charge in [-0.05, 0) is 62.4 Å². The van der Waals surface area contributed by atoms with Crippen molar-refractivity contribution in [2.24, 2.45) is 0 Å². The first-order valence-corrected chi connectivity index (χ1v) is 10.6. The second kappa shape index (κ2) is 10.7. The number of carbonyl (C=O) groups is 2. The van der Waals surface area contributed by atoms with Gasteiger partial charge in [0.1, 0.15) is 17.5 Å². The van der Waals surface area contributed by atoms with Crippen LogP contribution in [0.15, 0.2) is 48.5 Å². The molecule has 30 heavy (non-hydrogen) atoms. The van der Waals surface area contributed by atoms with E-state index in [2.05, 4.69) is 5.32 Å². The van der Waals surface area contributed by atoms with Crippen LogP contribution in [0.3, 0.4) is 0 Å². The molecule has 2 aromatic carbocycles. The van der Waals surface area contributed by atoms with E-state index in [1.54, 1.807) is 4.90 Å². The Hall–Kier alpha value is -3.02. The standard InChI is InChI=1S/C24H30N2O4/c1-3-29-22-13-12-19(15-18(22)2)16-26(21-11-7-8-14-25-24(21)28)23(27)17-30-20-9-5-4-6-10-20/h4-6,9-10,12-13,15,21H,3,7-8,11,14,16-17H2,1-2H3,(H,25,28). The van der Waals surface area contributed by atoms with Crippen LogP contribution in [0.2, 0.25) is 0 Å². The Morgan fingerprint density at radius 3 is 2.67 bits per heavy atom. The van der Waals surface area contributed by atoms with Gasteiger partial charge in [-0.3, -0.25) is 9.59 Å². The average molecular weight is 411 g/mol. The fourth-order valence-corrected chi connectivity index (χ4v) is 3.66. The van der Waals surface area contributed by atoms with Crippen molar-refractivity contribution in [3.05, 3.63) is 59.7 Å². The second-order valence-corrected chi connectivity index (χ2v) is 7.46. The van der Waals surface area contributed by atoms with Gasteiger partial charge in [-0.15, -0.1) is 0 Å². The van der Waals surface area contributed by atoms with Gasteiger partial charge in [0, 0.05) is 13.1 Å². The fourth-order valence-electron chi connectivity index (χ4n) is 3.66. The zero-order valence-corrected chi connectivity index (χ0v) is 17.7. The third kappa shape index (κ3) is 5.75. The van der Waals surface area contributed by atoms with E-state index in [9.17, 15) is 9.59 Å². The van der Waals surface area contributed by atoms with E-state index in [0.29, 0.717) is 31.9 Å². The lowest BCUT2D eigenvalue weighted by Gasteiger charge is -2.30. The molecule has 1 N–H and O–H groups in total. The summed E-state index contributed by atoms with van der Waals surface area (Å²) in [5, 5.41) is 2.93. The van der Waals surface area contributed by atoms with Crippen LogP contribution in [0.25, 0.3) is 0 Å². The molecule has 1 unspecified atom stereocenters. The molecule has 0 radical (unpaired) electrons. The van der Waals surface area contributed by atoms with E-state index in [4.69, 9.17) is 9.47 Å². The fraction of sp³-hybridized carbons (Fsp3) is 0.417. The van der Waals surface area contributed by atoms with Gasteiger partial charge in [0.05, 0.1) is 6.61 Å². The molecule has 0 aromatic heterocycles. The summed E-state index contributed by atoms with van der Waals surface area (Å²) in [6, 6.07) is 14.6. The van der Waals surface area contributed by atoms with Crippen molar-refractivity contribution in [1.82, 2.24) is 10.2 Å². The number of rotatable bonds is 8. The molecule has 1 aliphatic heterocycles. The maximum absolute atomic E-state index is 13.1. The Kier molecular flexibility index (Phi) is 7.71. The van der Waals surface area contributed by atoms with Gasteiger partial charge in [-0.25, -0.2) is 0 Å². The number of carbonyl (C=O) groups excluding carboxylic acids is 2. The highest BCUT2D eigenvalue weighted by molar-refractivity contribution is 5.88. The minimum Gasteiger partial charge on any atom is -0.494 e. The van der Waals surface area contributed by atoms with Crippen molar-refractivity contribution in [1.29, 1.82) is 0 Å². The van der Waals surface area contributed by atoms with E-state index in [1.807, 2.05) is 62.4 Å². The molecule has 1 heterocycles. The van der Waals surface area contributed by atoms with Crippen molar-refractivity contribution in [2.75, 3.05) is 19.8 Å². The number of amides is 2. The van der Waals surface area contributed by atoms with Crippen LogP contribution in [0.4, 0.5) is 0 Å². The van der Waals surface area contributed by atoms with Gasteiger partial charge in [0.2, 0.25) is 5.91 Å². The summed E-state index contributed by atoms with van der Waals surface area (Å²) >= 11 is 0. The molecule has 3 rings (SSSR count). The lowest BCUT2D eigenvalue weighted by atomic mass is 10.1. The van der Waals surface area contributed by atoms with Gasteiger partial charge < -0.3 is 19.7 Å². The van der Waals surface area contributed by atoms with E-state index in [0.717, 1.165) is 29.7 Å². The van der Waals surface area contributed by atoms with Gasteiger partial charge in [0.25, 0.3) is 5.91 Å². The number of benzene rings is 2. The van der Waals surface area contributed by atoms with Crippen LogP contribution in [-0.4, -0.2) is 42.5 Å². The normalized spacial score (nSPS) is 16.3. The van der Waals surface area contributed by atoms with Crippen LogP contribution in [-0.2, 0) is 16.1 Å². The summed E-state index contributed by atoms with van der Waals surface area (Å²) in [6.45, 7) is 5.43. The average Bonchev–Trinajstić information content (AvgIpc) is 2.97. The lowest BCUT2D eigenvalue weighted by Crippen LogP contribution is -2.49. The Morgan fingerprint density at radius 1 is 1.13 bits per heavy atom. The number of aryl methyl sites for hydroxylation is 1. The predicted molar refractivity (Wildman–Crippen MR) is 115 cm³/mol. The Morgan fingerprint density at radius 2 is 1.93 bits per heavy atom. The summed E-state index contributed by atoms with van der Waals surface area (Å²) < 4.78 is 11.3. The van der Waals surface area contributed by atoms with Crippen LogP contribution < -0.4 is 14.8 Å². The molecule has 6 nitrogen and oxygen atoms in total. The van der Waals surface area contributed by atoms with E-state index >= 15 is 0 Å². The van der Waals surface area contributed by atoms with Crippen molar-refractivity contribution >= 4 is 11.8 Å². The Labute approximate surface area is 178 Å². The monoisotopic (exact) mass is 410 g/mol. The topological polar surface area (TPSA) is 67.9 Å². The molecule has 0 aliphatic carbocycles. The summed E-state index contributed by atoms with van der Waals surface area (Å²) in [4.78, 5) is 27.4. The maximum atomic E-state index is 13.1. The predicted octanol–water partition coefficient (Wildman–Crippen LogP) is 3.47. The zero-order chi connectivity index (χ0) is 21.3. The van der Waals surface area contributed by atoms with Gasteiger partial charge in [-0.1, -0.05) is 30.3 Å². The van der Waals surface area contributed by atoms with Crippen molar-refractivity contribution in [3.63, 3.8) is 0 Å². The number of nitrogens with zero attached hydrogens (tertiary/aromatic N) is 1.